The fourth-order valence-electron chi connectivity index (χ4n) is 0.905. The monoisotopic (exact) mass is 138 g/mol. The molecule has 0 saturated carbocycles. The van der Waals surface area contributed by atoms with Crippen LogP contribution in [0.1, 0.15) is 25.5 Å². The van der Waals surface area contributed by atoms with E-state index in [1.807, 2.05) is 26.0 Å². The lowest BCUT2D eigenvalue weighted by Crippen LogP contribution is -2.34. The molecular weight excluding hydrogens is 126 g/mol. The summed E-state index contributed by atoms with van der Waals surface area (Å²) < 4.78 is 1.16. The summed E-state index contributed by atoms with van der Waals surface area (Å²) in [7, 11) is 0. The molecule has 0 bridgehead atoms. The summed E-state index contributed by atoms with van der Waals surface area (Å²) in [5, 5.41) is 9.20. The third-order valence-corrected chi connectivity index (χ3v) is 1.46. The van der Waals surface area contributed by atoms with Gasteiger partial charge in [0.2, 0.25) is 11.9 Å². The number of pyridine rings is 1. The van der Waals surface area contributed by atoms with Gasteiger partial charge in [-0.05, 0) is 6.07 Å². The second-order valence-electron chi connectivity index (χ2n) is 2.62. The van der Waals surface area contributed by atoms with Crippen LogP contribution in [-0.2, 0) is 0 Å². The number of hydrogen-bond acceptors (Lipinski definition) is 1. The van der Waals surface area contributed by atoms with Gasteiger partial charge in [0.15, 0.2) is 0 Å². The third kappa shape index (κ3) is 1.26. The standard InChI is InChI=1S/C8H12NO/c1-7(2)8-5-3-4-6-9(8)10/h3-7,10H,1-2H3/q+1. The van der Waals surface area contributed by atoms with Crippen LogP contribution in [-0.4, -0.2) is 5.21 Å². The molecule has 54 valence electrons. The first-order valence-corrected chi connectivity index (χ1v) is 3.41. The SMILES string of the molecule is CC(C)c1cccc[n+]1O. The average Bonchev–Trinajstić information content (AvgIpc) is 1.88. The normalized spacial score (nSPS) is 10.3. The molecule has 0 aliphatic heterocycles. The summed E-state index contributed by atoms with van der Waals surface area (Å²) in [6.45, 7) is 4.09. The lowest BCUT2D eigenvalue weighted by Gasteiger charge is -1.97. The minimum absolute atomic E-state index is 0.367. The molecule has 0 amide bonds. The summed E-state index contributed by atoms with van der Waals surface area (Å²) >= 11 is 0. The first-order chi connectivity index (χ1) is 4.72. The number of nitrogens with zero attached hydrogens (tertiary/aromatic N) is 1. The predicted molar refractivity (Wildman–Crippen MR) is 37.9 cm³/mol. The van der Waals surface area contributed by atoms with Gasteiger partial charge in [-0.1, -0.05) is 13.8 Å². The fraction of sp³-hybridized carbons (Fsp3) is 0.375. The van der Waals surface area contributed by atoms with Crippen LogP contribution in [0.2, 0.25) is 0 Å². The molecule has 1 rings (SSSR count). The maximum atomic E-state index is 9.20. The van der Waals surface area contributed by atoms with Crippen LogP contribution in [0.15, 0.2) is 24.4 Å². The van der Waals surface area contributed by atoms with Gasteiger partial charge in [0, 0.05) is 22.8 Å². The molecule has 0 spiro atoms. The second kappa shape index (κ2) is 2.69. The molecule has 0 aromatic carbocycles. The Bertz CT molecular complexity index is 220. The lowest BCUT2D eigenvalue weighted by molar-refractivity contribution is -0.910. The van der Waals surface area contributed by atoms with Crippen LogP contribution in [0.4, 0.5) is 0 Å². The molecule has 1 N–H and O–H groups in total. The summed E-state index contributed by atoms with van der Waals surface area (Å²) in [6.07, 6.45) is 1.63. The predicted octanol–water partition coefficient (Wildman–Crippen LogP) is 1.33. The zero-order valence-electron chi connectivity index (χ0n) is 6.28. The highest BCUT2D eigenvalue weighted by atomic mass is 16.5. The van der Waals surface area contributed by atoms with E-state index >= 15 is 0 Å². The largest absolute Gasteiger partial charge is 0.285 e. The molecule has 1 heterocycles. The van der Waals surface area contributed by atoms with Crippen molar-refractivity contribution in [2.24, 2.45) is 0 Å². The minimum atomic E-state index is 0.367. The maximum Gasteiger partial charge on any atom is 0.236 e. The third-order valence-electron chi connectivity index (χ3n) is 1.46. The molecule has 0 atom stereocenters. The molecule has 0 aliphatic carbocycles. The van der Waals surface area contributed by atoms with E-state index in [0.29, 0.717) is 5.92 Å². The minimum Gasteiger partial charge on any atom is -0.285 e. The molecule has 10 heavy (non-hydrogen) atoms. The van der Waals surface area contributed by atoms with E-state index in [2.05, 4.69) is 0 Å². The zero-order chi connectivity index (χ0) is 7.56. The Labute approximate surface area is 60.7 Å². The van der Waals surface area contributed by atoms with E-state index in [0.717, 1.165) is 10.4 Å². The maximum absolute atomic E-state index is 9.20. The Morgan fingerprint density at radius 2 is 2.10 bits per heavy atom. The van der Waals surface area contributed by atoms with Gasteiger partial charge in [0.05, 0.1) is 0 Å². The molecular formula is C8H12NO+. The summed E-state index contributed by atoms with van der Waals surface area (Å²) in [5.41, 5.74) is 0.933. The lowest BCUT2D eigenvalue weighted by atomic mass is 10.1. The van der Waals surface area contributed by atoms with E-state index in [4.69, 9.17) is 0 Å². The van der Waals surface area contributed by atoms with Gasteiger partial charge < -0.3 is 0 Å². The van der Waals surface area contributed by atoms with Crippen molar-refractivity contribution in [3.8, 4) is 0 Å². The molecule has 0 aliphatic rings. The Balaban J connectivity index is 3.03. The van der Waals surface area contributed by atoms with Crippen LogP contribution < -0.4 is 4.73 Å². The molecule has 0 saturated heterocycles. The topological polar surface area (TPSA) is 24.1 Å². The highest BCUT2D eigenvalue weighted by Gasteiger charge is 2.11. The Morgan fingerprint density at radius 3 is 2.50 bits per heavy atom. The van der Waals surface area contributed by atoms with Crippen LogP contribution in [0.5, 0.6) is 0 Å². The van der Waals surface area contributed by atoms with Crippen molar-refractivity contribution in [2.75, 3.05) is 0 Å². The quantitative estimate of drug-likeness (QED) is 0.459. The van der Waals surface area contributed by atoms with Gasteiger partial charge in [-0.15, -0.1) is 0 Å². The van der Waals surface area contributed by atoms with Crippen LogP contribution in [0.3, 0.4) is 0 Å². The van der Waals surface area contributed by atoms with E-state index in [9.17, 15) is 5.21 Å². The Kier molecular flexibility index (Phi) is 1.90. The van der Waals surface area contributed by atoms with Crippen molar-refractivity contribution in [3.05, 3.63) is 30.1 Å². The molecule has 0 fully saturated rings. The summed E-state index contributed by atoms with van der Waals surface area (Å²) in [6, 6.07) is 5.62. The highest BCUT2D eigenvalue weighted by molar-refractivity contribution is 5.00. The van der Waals surface area contributed by atoms with E-state index < -0.39 is 0 Å². The first-order valence-electron chi connectivity index (χ1n) is 3.41. The number of hydrogen-bond donors (Lipinski definition) is 1. The zero-order valence-corrected chi connectivity index (χ0v) is 6.28. The van der Waals surface area contributed by atoms with E-state index in [1.165, 1.54) is 0 Å². The molecule has 2 nitrogen and oxygen atoms in total. The summed E-state index contributed by atoms with van der Waals surface area (Å²) in [5.74, 6) is 0.367. The van der Waals surface area contributed by atoms with Crippen molar-refractivity contribution in [1.82, 2.24) is 0 Å². The van der Waals surface area contributed by atoms with Crippen LogP contribution in [0, 0.1) is 0 Å². The van der Waals surface area contributed by atoms with E-state index in [-0.39, 0.29) is 0 Å². The summed E-state index contributed by atoms with van der Waals surface area (Å²) in [4.78, 5) is 0. The van der Waals surface area contributed by atoms with Crippen molar-refractivity contribution in [3.63, 3.8) is 0 Å². The van der Waals surface area contributed by atoms with Crippen LogP contribution in [0.25, 0.3) is 0 Å². The van der Waals surface area contributed by atoms with Gasteiger partial charge in [-0.25, -0.2) is 0 Å². The molecule has 0 unspecified atom stereocenters. The van der Waals surface area contributed by atoms with Crippen molar-refractivity contribution in [2.45, 2.75) is 19.8 Å². The van der Waals surface area contributed by atoms with Crippen molar-refractivity contribution < 1.29 is 9.94 Å². The van der Waals surface area contributed by atoms with Crippen molar-refractivity contribution >= 4 is 0 Å². The molecule has 1 aromatic heterocycles. The second-order valence-corrected chi connectivity index (χ2v) is 2.62. The van der Waals surface area contributed by atoms with Crippen molar-refractivity contribution in [1.29, 1.82) is 0 Å². The van der Waals surface area contributed by atoms with E-state index in [1.54, 1.807) is 12.3 Å². The fourth-order valence-corrected chi connectivity index (χ4v) is 0.905. The number of rotatable bonds is 1. The Hall–Kier alpha value is -1.05. The van der Waals surface area contributed by atoms with Gasteiger partial charge in [-0.2, -0.15) is 0 Å². The Morgan fingerprint density at radius 1 is 1.40 bits per heavy atom. The van der Waals surface area contributed by atoms with Gasteiger partial charge in [-0.3, -0.25) is 5.21 Å². The number of aromatic nitrogens is 1. The first kappa shape index (κ1) is 7.06. The highest BCUT2D eigenvalue weighted by Crippen LogP contribution is 2.06. The van der Waals surface area contributed by atoms with Crippen LogP contribution >= 0.6 is 0 Å². The molecule has 1 aromatic rings. The molecule has 2 heteroatoms. The smallest absolute Gasteiger partial charge is 0.236 e. The van der Waals surface area contributed by atoms with Gasteiger partial charge in [0.25, 0.3) is 0 Å². The molecule has 0 radical (unpaired) electrons. The van der Waals surface area contributed by atoms with Gasteiger partial charge >= 0.3 is 0 Å². The van der Waals surface area contributed by atoms with Gasteiger partial charge in [0.1, 0.15) is 0 Å². The average molecular weight is 138 g/mol.